The second kappa shape index (κ2) is 6.55. The second-order valence-electron chi connectivity index (χ2n) is 7.47. The highest BCUT2D eigenvalue weighted by atomic mass is 32.2. The Morgan fingerprint density at radius 2 is 2.23 bits per heavy atom. The molecule has 1 aliphatic heterocycles. The molecule has 3 N–H and O–H groups in total. The molecule has 0 saturated heterocycles. The molecule has 2 aromatic rings. The largest absolute Gasteiger partial charge is 0.499 e. The number of anilines is 2. The Balaban J connectivity index is 1.49. The number of nitrogens with one attached hydrogen (secondary N) is 3. The highest BCUT2D eigenvalue weighted by Crippen LogP contribution is 2.37. The van der Waals surface area contributed by atoms with Crippen molar-refractivity contribution < 1.29 is 8.95 Å². The van der Waals surface area contributed by atoms with Gasteiger partial charge in [-0.05, 0) is 56.9 Å². The maximum absolute atomic E-state index is 12.1. The molecule has 3 unspecified atom stereocenters. The van der Waals surface area contributed by atoms with Gasteiger partial charge in [0.2, 0.25) is 0 Å². The van der Waals surface area contributed by atoms with Gasteiger partial charge >= 0.3 is 0 Å². The van der Waals surface area contributed by atoms with Crippen molar-refractivity contribution in [3.63, 3.8) is 0 Å². The van der Waals surface area contributed by atoms with E-state index in [0.29, 0.717) is 5.92 Å². The minimum atomic E-state index is -1.14. The summed E-state index contributed by atoms with van der Waals surface area (Å²) in [6.07, 6.45) is 4.90. The number of H-pyrrole nitrogens is 1. The summed E-state index contributed by atoms with van der Waals surface area (Å²) >= 11 is 0. The summed E-state index contributed by atoms with van der Waals surface area (Å²) in [7, 11) is -1.14. The molecule has 4 rings (SSSR count). The first-order chi connectivity index (χ1) is 12.5. The van der Waals surface area contributed by atoms with Crippen LogP contribution >= 0.6 is 0 Å². The quantitative estimate of drug-likeness (QED) is 0.697. The summed E-state index contributed by atoms with van der Waals surface area (Å²) in [5.41, 5.74) is 2.82. The molecule has 1 fully saturated rings. The summed E-state index contributed by atoms with van der Waals surface area (Å²) in [6, 6.07) is 7.97. The van der Waals surface area contributed by atoms with Crippen LogP contribution in [0, 0.1) is 0 Å². The highest BCUT2D eigenvalue weighted by molar-refractivity contribution is 7.83. The summed E-state index contributed by atoms with van der Waals surface area (Å²) < 4.78 is 20.7. The van der Waals surface area contributed by atoms with Crippen LogP contribution in [0.15, 0.2) is 42.0 Å². The van der Waals surface area contributed by atoms with Gasteiger partial charge in [-0.25, -0.2) is 8.93 Å². The monoisotopic (exact) mass is 372 g/mol. The molecule has 138 valence electrons. The van der Waals surface area contributed by atoms with Crippen LogP contribution in [0.25, 0.3) is 0 Å². The van der Waals surface area contributed by atoms with Gasteiger partial charge < -0.3 is 10.1 Å². The lowest BCUT2D eigenvalue weighted by Gasteiger charge is -2.18. The van der Waals surface area contributed by atoms with Gasteiger partial charge in [0.15, 0.2) is 5.82 Å². The molecule has 0 spiro atoms. The van der Waals surface area contributed by atoms with Crippen molar-refractivity contribution in [2.45, 2.75) is 55.6 Å². The van der Waals surface area contributed by atoms with Crippen LogP contribution in [-0.4, -0.2) is 20.5 Å². The third-order valence-corrected chi connectivity index (χ3v) is 6.63. The summed E-state index contributed by atoms with van der Waals surface area (Å²) in [4.78, 5) is 0.850. The third kappa shape index (κ3) is 3.17. The van der Waals surface area contributed by atoms with Gasteiger partial charge in [-0.2, -0.15) is 5.10 Å². The Morgan fingerprint density at radius 1 is 1.38 bits per heavy atom. The van der Waals surface area contributed by atoms with Crippen molar-refractivity contribution in [1.29, 1.82) is 0 Å². The zero-order valence-corrected chi connectivity index (χ0v) is 15.9. The fourth-order valence-electron chi connectivity index (χ4n) is 3.84. The van der Waals surface area contributed by atoms with Crippen LogP contribution in [0.1, 0.15) is 50.3 Å². The maximum Gasteiger partial charge on any atom is 0.152 e. The van der Waals surface area contributed by atoms with Gasteiger partial charge in [0, 0.05) is 23.4 Å². The maximum atomic E-state index is 12.1. The topological polar surface area (TPSA) is 79.0 Å². The second-order valence-corrected chi connectivity index (χ2v) is 8.66. The predicted molar refractivity (Wildman–Crippen MR) is 103 cm³/mol. The molecule has 2 heterocycles. The summed E-state index contributed by atoms with van der Waals surface area (Å²) in [5.74, 6) is 1.23. The average Bonchev–Trinajstić information content (AvgIpc) is 3.28. The Labute approximate surface area is 156 Å². The molecule has 7 heteroatoms. The number of fused-ring (bicyclic) bond motifs is 1. The molecule has 1 aromatic carbocycles. The number of benzene rings is 1. The third-order valence-electron chi connectivity index (χ3n) is 5.18. The zero-order valence-electron chi connectivity index (χ0n) is 15.0. The van der Waals surface area contributed by atoms with Crippen molar-refractivity contribution in [2.75, 3.05) is 5.32 Å². The zero-order chi connectivity index (χ0) is 18.3. The van der Waals surface area contributed by atoms with E-state index in [1.165, 1.54) is 6.26 Å². The van der Waals surface area contributed by atoms with Gasteiger partial charge in [0.25, 0.3) is 0 Å². The van der Waals surface area contributed by atoms with Gasteiger partial charge in [-0.3, -0.25) is 5.10 Å². The van der Waals surface area contributed by atoms with E-state index in [9.17, 15) is 4.21 Å². The molecule has 26 heavy (non-hydrogen) atoms. The number of rotatable bonds is 5. The number of aromatic nitrogens is 2. The van der Waals surface area contributed by atoms with E-state index in [2.05, 4.69) is 32.9 Å². The molecule has 1 saturated carbocycles. The van der Waals surface area contributed by atoms with Gasteiger partial charge in [0.05, 0.1) is 22.8 Å². The summed E-state index contributed by atoms with van der Waals surface area (Å²) in [6.45, 7) is 7.71. The van der Waals surface area contributed by atoms with Crippen LogP contribution in [0.5, 0.6) is 0 Å². The van der Waals surface area contributed by atoms with Crippen molar-refractivity contribution in [2.24, 2.45) is 0 Å². The highest BCUT2D eigenvalue weighted by Gasteiger charge is 2.34. The SMILES string of the molecule is C=COC1CCC(c2cc(Nc3ccc4c(c3)C(C)(C)NS4=O)n[nH]2)C1. The van der Waals surface area contributed by atoms with Crippen molar-refractivity contribution >= 4 is 22.5 Å². The van der Waals surface area contributed by atoms with Gasteiger partial charge in [0.1, 0.15) is 11.0 Å². The van der Waals surface area contributed by atoms with Crippen LogP contribution < -0.4 is 10.0 Å². The predicted octanol–water partition coefficient (Wildman–Crippen LogP) is 3.81. The molecule has 1 aliphatic carbocycles. The van der Waals surface area contributed by atoms with Crippen LogP contribution in [0.3, 0.4) is 0 Å². The molecule has 0 bridgehead atoms. The molecule has 0 amide bonds. The van der Waals surface area contributed by atoms with Crippen LogP contribution in [0.4, 0.5) is 11.5 Å². The first kappa shape index (κ1) is 17.3. The Bertz CT molecular complexity index is 861. The minimum absolute atomic E-state index is 0.254. The lowest BCUT2D eigenvalue weighted by molar-refractivity contribution is 0.150. The fraction of sp³-hybridized carbons (Fsp3) is 0.421. The summed E-state index contributed by atoms with van der Waals surface area (Å²) in [5, 5.41) is 10.9. The number of aromatic amines is 1. The smallest absolute Gasteiger partial charge is 0.152 e. The molecule has 6 nitrogen and oxygen atoms in total. The minimum Gasteiger partial charge on any atom is -0.499 e. The Kier molecular flexibility index (Phi) is 4.36. The van der Waals surface area contributed by atoms with Crippen LogP contribution in [0.2, 0.25) is 0 Å². The lowest BCUT2D eigenvalue weighted by atomic mass is 9.95. The Hall–Kier alpha value is -2.12. The molecule has 0 radical (unpaired) electrons. The van der Waals surface area contributed by atoms with Gasteiger partial charge in [-0.1, -0.05) is 6.58 Å². The van der Waals surface area contributed by atoms with Crippen molar-refractivity contribution in [3.05, 3.63) is 48.4 Å². The van der Waals surface area contributed by atoms with E-state index in [-0.39, 0.29) is 11.6 Å². The Morgan fingerprint density at radius 3 is 3.04 bits per heavy atom. The first-order valence-electron chi connectivity index (χ1n) is 8.89. The fourth-order valence-corrected chi connectivity index (χ4v) is 5.23. The van der Waals surface area contributed by atoms with E-state index < -0.39 is 11.0 Å². The van der Waals surface area contributed by atoms with Crippen molar-refractivity contribution in [3.8, 4) is 0 Å². The van der Waals surface area contributed by atoms with Crippen LogP contribution in [-0.2, 0) is 21.3 Å². The number of nitrogens with zero attached hydrogens (tertiary/aromatic N) is 1. The normalized spacial score (nSPS) is 26.5. The van der Waals surface area contributed by atoms with E-state index >= 15 is 0 Å². The molecular formula is C19H24N4O2S. The number of ether oxygens (including phenoxy) is 1. The molecule has 2 aliphatic rings. The van der Waals surface area contributed by atoms with Crippen molar-refractivity contribution in [1.82, 2.24) is 14.9 Å². The average molecular weight is 372 g/mol. The molecule has 1 aromatic heterocycles. The first-order valence-corrected chi connectivity index (χ1v) is 10.0. The lowest BCUT2D eigenvalue weighted by Crippen LogP contribution is -2.30. The van der Waals surface area contributed by atoms with E-state index in [1.54, 1.807) is 0 Å². The van der Waals surface area contributed by atoms with E-state index in [1.807, 2.05) is 32.0 Å². The van der Waals surface area contributed by atoms with E-state index in [4.69, 9.17) is 4.74 Å². The van der Waals surface area contributed by atoms with E-state index in [0.717, 1.165) is 46.9 Å². The standard InChI is InChI=1S/C19H24N4O2S/c1-4-25-14-7-5-12(9-14)16-11-18(22-21-16)20-13-6-8-17-15(10-13)19(2,3)23-26(17)24/h4,6,8,10-12,14,23H,1,5,7,9H2,2-3H3,(H2,20,21,22). The number of hydrogen-bond acceptors (Lipinski definition) is 4. The molecule has 3 atom stereocenters. The van der Waals surface area contributed by atoms with Gasteiger partial charge in [-0.15, -0.1) is 0 Å². The number of hydrogen-bond donors (Lipinski definition) is 3. The molecular weight excluding hydrogens is 348 g/mol.